The topological polar surface area (TPSA) is 134 Å². The van der Waals surface area contributed by atoms with Crippen LogP contribution in [0, 0.1) is 10.1 Å². The maximum atomic E-state index is 13.2. The number of ether oxygens (including phenoxy) is 1. The molecule has 0 spiro atoms. The van der Waals surface area contributed by atoms with Gasteiger partial charge in [0.2, 0.25) is 0 Å². The van der Waals surface area contributed by atoms with E-state index in [1.54, 1.807) is 43.1 Å². The smallest absolute Gasteiger partial charge is 0.293 e. The molecule has 3 aromatic carbocycles. The van der Waals surface area contributed by atoms with Crippen LogP contribution in [0.5, 0.6) is 0 Å². The Balaban J connectivity index is 1.44. The lowest BCUT2D eigenvalue weighted by Gasteiger charge is -2.39. The molecule has 4 rings (SSSR count). The minimum atomic E-state index is -4.39. The lowest BCUT2D eigenvalue weighted by Crippen LogP contribution is -2.43. The second kappa shape index (κ2) is 16.4. The van der Waals surface area contributed by atoms with Crippen LogP contribution in [0.4, 0.5) is 17.1 Å². The van der Waals surface area contributed by atoms with Crippen molar-refractivity contribution in [3.05, 3.63) is 88.5 Å². The number of nitro groups is 1. The third-order valence-corrected chi connectivity index (χ3v) is 11.0. The molecule has 254 valence electrons. The van der Waals surface area contributed by atoms with Crippen molar-refractivity contribution in [2.24, 2.45) is 0 Å². The number of amides is 1. The van der Waals surface area contributed by atoms with Crippen LogP contribution in [-0.2, 0) is 14.8 Å². The molecule has 1 atom stereocenters. The predicted molar refractivity (Wildman–Crippen MR) is 188 cm³/mol. The van der Waals surface area contributed by atoms with Crippen LogP contribution in [0.1, 0.15) is 49.4 Å². The first-order chi connectivity index (χ1) is 22.4. The van der Waals surface area contributed by atoms with Crippen molar-refractivity contribution in [1.82, 2.24) is 9.62 Å². The molecule has 1 heterocycles. The van der Waals surface area contributed by atoms with Gasteiger partial charge in [0.25, 0.3) is 21.6 Å². The zero-order chi connectivity index (χ0) is 34.0. The van der Waals surface area contributed by atoms with E-state index in [1.165, 1.54) is 12.1 Å². The van der Waals surface area contributed by atoms with Crippen molar-refractivity contribution in [2.45, 2.75) is 60.5 Å². The van der Waals surface area contributed by atoms with E-state index in [0.29, 0.717) is 5.75 Å². The Hall–Kier alpha value is -3.65. The van der Waals surface area contributed by atoms with E-state index in [4.69, 9.17) is 4.74 Å². The molecule has 1 aliphatic rings. The van der Waals surface area contributed by atoms with E-state index in [1.807, 2.05) is 44.4 Å². The zero-order valence-corrected chi connectivity index (χ0v) is 29.1. The maximum Gasteiger partial charge on any atom is 0.293 e. The summed E-state index contributed by atoms with van der Waals surface area (Å²) in [6, 6.07) is 20.2. The van der Waals surface area contributed by atoms with E-state index >= 15 is 0 Å². The fourth-order valence-corrected chi connectivity index (χ4v) is 7.39. The maximum absolute atomic E-state index is 13.2. The Morgan fingerprint density at radius 3 is 2.36 bits per heavy atom. The van der Waals surface area contributed by atoms with Gasteiger partial charge in [0.15, 0.2) is 0 Å². The number of nitrogens with one attached hydrogen (secondary N) is 2. The number of rotatable bonds is 16. The molecule has 0 bridgehead atoms. The van der Waals surface area contributed by atoms with Crippen molar-refractivity contribution in [2.75, 3.05) is 56.8 Å². The van der Waals surface area contributed by atoms with Crippen LogP contribution < -0.4 is 14.9 Å². The molecule has 1 amide bonds. The molecule has 11 nitrogen and oxygen atoms in total. The van der Waals surface area contributed by atoms with Crippen LogP contribution in [-0.4, -0.2) is 82.4 Å². The van der Waals surface area contributed by atoms with Gasteiger partial charge in [-0.3, -0.25) is 14.9 Å². The van der Waals surface area contributed by atoms with Crippen molar-refractivity contribution in [3.8, 4) is 0 Å². The van der Waals surface area contributed by atoms with Crippen molar-refractivity contribution >= 4 is 44.8 Å². The summed E-state index contributed by atoms with van der Waals surface area (Å²) in [6.45, 7) is 4.64. The number of benzene rings is 3. The van der Waals surface area contributed by atoms with Gasteiger partial charge in [-0.15, -0.1) is 11.8 Å². The summed E-state index contributed by atoms with van der Waals surface area (Å²) in [7, 11) is 1.37. The lowest BCUT2D eigenvalue weighted by atomic mass is 9.93. The quantitative estimate of drug-likeness (QED) is 0.0799. The highest BCUT2D eigenvalue weighted by Crippen LogP contribution is 2.31. The fourth-order valence-electron chi connectivity index (χ4n) is 5.41. The Labute approximate surface area is 282 Å². The standard InChI is InChI=1S/C34H45N5O6S2/c1-34(45-4)19-22-38(23-20-34)28-15-13-26(14-16-28)33(40)36-47(43,44)30-17-18-31(32(24-30)39(41)42)35-27(10-8-9-21-37(2)3)25-46-29-11-6-5-7-12-29/h5-7,11-18,24,27,35H,8-10,19-23,25H2,1-4H3,(H,36,40)/t27-/m1/s1. The Bertz CT molecular complexity index is 1590. The van der Waals surface area contributed by atoms with Gasteiger partial charge in [-0.1, -0.05) is 24.6 Å². The zero-order valence-electron chi connectivity index (χ0n) is 27.5. The van der Waals surface area contributed by atoms with Crippen molar-refractivity contribution < 1.29 is 22.9 Å². The number of thioether (sulfide) groups is 1. The number of hydrogen-bond acceptors (Lipinski definition) is 10. The minimum absolute atomic E-state index is 0.0966. The first kappa shape index (κ1) is 36.2. The molecule has 47 heavy (non-hydrogen) atoms. The second-order valence-electron chi connectivity index (χ2n) is 12.3. The number of anilines is 2. The summed E-state index contributed by atoms with van der Waals surface area (Å²) >= 11 is 1.65. The molecule has 1 saturated heterocycles. The lowest BCUT2D eigenvalue weighted by molar-refractivity contribution is -0.384. The Morgan fingerprint density at radius 1 is 1.06 bits per heavy atom. The fraction of sp³-hybridized carbons (Fsp3) is 0.441. The van der Waals surface area contributed by atoms with E-state index < -0.39 is 20.9 Å². The molecular formula is C34H45N5O6S2. The highest BCUT2D eigenvalue weighted by atomic mass is 32.2. The number of nitrogens with zero attached hydrogens (tertiary/aromatic N) is 3. The van der Waals surface area contributed by atoms with Gasteiger partial charge in [0.1, 0.15) is 5.69 Å². The number of nitro benzene ring substituents is 1. The third kappa shape index (κ3) is 10.4. The van der Waals surface area contributed by atoms with Gasteiger partial charge in [-0.25, -0.2) is 13.1 Å². The van der Waals surface area contributed by atoms with Crippen LogP contribution in [0.3, 0.4) is 0 Å². The molecule has 0 radical (unpaired) electrons. The summed E-state index contributed by atoms with van der Waals surface area (Å²) in [6.07, 6.45) is 4.42. The van der Waals surface area contributed by atoms with Gasteiger partial charge in [-0.2, -0.15) is 0 Å². The van der Waals surface area contributed by atoms with Gasteiger partial charge in [0, 0.05) is 54.2 Å². The van der Waals surface area contributed by atoms with E-state index in [0.717, 1.165) is 68.4 Å². The van der Waals surface area contributed by atoms with E-state index in [-0.39, 0.29) is 33.5 Å². The molecule has 0 saturated carbocycles. The highest BCUT2D eigenvalue weighted by molar-refractivity contribution is 7.99. The predicted octanol–water partition coefficient (Wildman–Crippen LogP) is 6.02. The Morgan fingerprint density at radius 2 is 1.74 bits per heavy atom. The minimum Gasteiger partial charge on any atom is -0.378 e. The van der Waals surface area contributed by atoms with Gasteiger partial charge < -0.3 is 19.9 Å². The summed E-state index contributed by atoms with van der Waals surface area (Å²) in [5.74, 6) is -0.148. The number of sulfonamides is 1. The molecule has 13 heteroatoms. The van der Waals surface area contributed by atoms with Crippen LogP contribution in [0.2, 0.25) is 0 Å². The van der Waals surface area contributed by atoms with Gasteiger partial charge in [0.05, 0.1) is 15.4 Å². The SMILES string of the molecule is COC1(C)CCN(c2ccc(C(=O)NS(=O)(=O)c3ccc(N[C@H](CCCCN(C)C)CSc4ccccc4)c([N+](=O)[O-])c3)cc2)CC1. The molecule has 1 fully saturated rings. The summed E-state index contributed by atoms with van der Waals surface area (Å²) < 4.78 is 34.1. The number of unbranched alkanes of at least 4 members (excludes halogenated alkanes) is 1. The molecule has 1 aliphatic heterocycles. The van der Waals surface area contributed by atoms with Crippen molar-refractivity contribution in [3.63, 3.8) is 0 Å². The highest BCUT2D eigenvalue weighted by Gasteiger charge is 2.30. The van der Waals surface area contributed by atoms with Gasteiger partial charge in [-0.05, 0) is 102 Å². The molecule has 2 N–H and O–H groups in total. The monoisotopic (exact) mass is 683 g/mol. The molecular weight excluding hydrogens is 639 g/mol. The van der Waals surface area contributed by atoms with Crippen LogP contribution >= 0.6 is 11.8 Å². The van der Waals surface area contributed by atoms with Gasteiger partial charge >= 0.3 is 0 Å². The largest absolute Gasteiger partial charge is 0.378 e. The summed E-state index contributed by atoms with van der Waals surface area (Å²) in [5, 5.41) is 15.4. The summed E-state index contributed by atoms with van der Waals surface area (Å²) in [5.41, 5.74) is 0.795. The number of piperidine rings is 1. The average molecular weight is 684 g/mol. The van der Waals surface area contributed by atoms with E-state index in [2.05, 4.69) is 26.8 Å². The summed E-state index contributed by atoms with van der Waals surface area (Å²) in [4.78, 5) is 29.5. The number of methoxy groups -OCH3 is 1. The normalized spacial score (nSPS) is 15.3. The van der Waals surface area contributed by atoms with Crippen LogP contribution in [0.25, 0.3) is 0 Å². The first-order valence-electron chi connectivity index (χ1n) is 15.7. The van der Waals surface area contributed by atoms with Crippen molar-refractivity contribution in [1.29, 1.82) is 0 Å². The molecule has 0 unspecified atom stereocenters. The first-order valence-corrected chi connectivity index (χ1v) is 18.2. The molecule has 3 aromatic rings. The third-order valence-electron chi connectivity index (χ3n) is 8.47. The number of hydrogen-bond donors (Lipinski definition) is 2. The number of carbonyl (C=O) groups excluding carboxylic acids is 1. The van der Waals surface area contributed by atoms with Crippen LogP contribution in [0.15, 0.2) is 82.6 Å². The van der Waals surface area contributed by atoms with E-state index in [9.17, 15) is 23.3 Å². The second-order valence-corrected chi connectivity index (χ2v) is 15.1. The number of carbonyl (C=O) groups is 1. The average Bonchev–Trinajstić information content (AvgIpc) is 3.06. The molecule has 0 aliphatic carbocycles. The molecule has 0 aromatic heterocycles. The Kier molecular flexibility index (Phi) is 12.7.